The second-order valence-electron chi connectivity index (χ2n) is 9.26. The van der Waals surface area contributed by atoms with E-state index in [0.29, 0.717) is 37.9 Å². The lowest BCUT2D eigenvalue weighted by Gasteiger charge is -2.24. The number of hydrogen-bond donors (Lipinski definition) is 1. The van der Waals surface area contributed by atoms with Crippen LogP contribution in [0.3, 0.4) is 0 Å². The maximum atomic E-state index is 13.6. The summed E-state index contributed by atoms with van der Waals surface area (Å²) < 4.78 is 6.68. The van der Waals surface area contributed by atoms with Gasteiger partial charge in [-0.05, 0) is 52.4 Å². The average Bonchev–Trinajstić information content (AvgIpc) is 3.77. The Morgan fingerprint density at radius 1 is 0.976 bits per heavy atom. The number of nitrogens with zero attached hydrogens (tertiary/aromatic N) is 3. The molecule has 0 saturated heterocycles. The molecule has 1 aliphatic heterocycles. The molecule has 11 heteroatoms. The monoisotopic (exact) mass is 631 g/mol. The van der Waals surface area contributed by atoms with E-state index in [0.717, 1.165) is 11.1 Å². The van der Waals surface area contributed by atoms with Gasteiger partial charge in [0.25, 0.3) is 5.91 Å². The quantitative estimate of drug-likeness (QED) is 0.0951. The molecule has 7 nitrogen and oxygen atoms in total. The minimum atomic E-state index is -0.922. The summed E-state index contributed by atoms with van der Waals surface area (Å²) >= 11 is 9.94. The molecule has 0 bridgehead atoms. The maximum absolute atomic E-state index is 13.6. The van der Waals surface area contributed by atoms with Crippen molar-refractivity contribution in [2.24, 2.45) is 0 Å². The van der Waals surface area contributed by atoms with Crippen molar-refractivity contribution in [2.45, 2.75) is 22.7 Å². The van der Waals surface area contributed by atoms with Gasteiger partial charge in [0.15, 0.2) is 10.1 Å². The van der Waals surface area contributed by atoms with Crippen LogP contribution in [-0.4, -0.2) is 27.0 Å². The molecule has 210 valence electrons. The zero-order valence-corrected chi connectivity index (χ0v) is 25.1. The topological polar surface area (TPSA) is 92.6 Å². The van der Waals surface area contributed by atoms with E-state index >= 15 is 0 Å². The molecule has 0 saturated carbocycles. The number of anilines is 1. The second-order valence-corrected chi connectivity index (χ2v) is 12.8. The number of rotatable bonds is 10. The van der Waals surface area contributed by atoms with Gasteiger partial charge >= 0.3 is 0 Å². The third-order valence-corrected chi connectivity index (χ3v) is 9.74. The van der Waals surface area contributed by atoms with Crippen LogP contribution in [0.2, 0.25) is 5.02 Å². The maximum Gasteiger partial charge on any atom is 0.296 e. The summed E-state index contributed by atoms with van der Waals surface area (Å²) in [5, 5.41) is 22.4. The molecule has 0 aliphatic carbocycles. The zero-order valence-electron chi connectivity index (χ0n) is 21.8. The van der Waals surface area contributed by atoms with Crippen molar-refractivity contribution in [1.29, 1.82) is 0 Å². The van der Waals surface area contributed by atoms with Gasteiger partial charge in [0, 0.05) is 10.8 Å². The van der Waals surface area contributed by atoms with Crippen LogP contribution in [0.15, 0.2) is 112 Å². The van der Waals surface area contributed by atoms with Gasteiger partial charge in [-0.1, -0.05) is 95.4 Å². The Morgan fingerprint density at radius 2 is 1.79 bits per heavy atom. The highest BCUT2D eigenvalue weighted by Crippen LogP contribution is 2.44. The van der Waals surface area contributed by atoms with Crippen LogP contribution in [0.5, 0.6) is 5.75 Å². The van der Waals surface area contributed by atoms with Gasteiger partial charge < -0.3 is 9.84 Å². The number of benzene rings is 3. The van der Waals surface area contributed by atoms with Crippen LogP contribution < -0.4 is 9.64 Å². The summed E-state index contributed by atoms with van der Waals surface area (Å²) in [4.78, 5) is 29.0. The summed E-state index contributed by atoms with van der Waals surface area (Å²) in [6.45, 7) is 0.351. The lowest BCUT2D eigenvalue weighted by atomic mass is 9.95. The van der Waals surface area contributed by atoms with Crippen molar-refractivity contribution in [2.75, 3.05) is 4.90 Å². The number of aromatic nitrogens is 2. The van der Waals surface area contributed by atoms with Crippen LogP contribution in [0.25, 0.3) is 0 Å². The highest BCUT2D eigenvalue weighted by atomic mass is 35.5. The minimum Gasteiger partial charge on any atom is -0.503 e. The van der Waals surface area contributed by atoms with Crippen molar-refractivity contribution in [3.63, 3.8) is 0 Å². The normalized spacial score (nSPS) is 14.9. The van der Waals surface area contributed by atoms with Gasteiger partial charge in [0.1, 0.15) is 12.4 Å². The highest BCUT2D eigenvalue weighted by Gasteiger charge is 2.46. The summed E-state index contributed by atoms with van der Waals surface area (Å²) in [7, 11) is 0. The van der Waals surface area contributed by atoms with E-state index in [1.165, 1.54) is 39.3 Å². The van der Waals surface area contributed by atoms with E-state index in [4.69, 9.17) is 16.3 Å². The summed E-state index contributed by atoms with van der Waals surface area (Å²) in [6.07, 6.45) is 0. The van der Waals surface area contributed by atoms with Crippen molar-refractivity contribution in [1.82, 2.24) is 10.2 Å². The van der Waals surface area contributed by atoms with Gasteiger partial charge in [-0.15, -0.1) is 21.5 Å². The molecule has 42 heavy (non-hydrogen) atoms. The van der Waals surface area contributed by atoms with Crippen LogP contribution in [0.4, 0.5) is 5.13 Å². The molecule has 1 unspecified atom stereocenters. The minimum absolute atomic E-state index is 0.00627. The first-order valence-corrected chi connectivity index (χ1v) is 15.9. The predicted molar refractivity (Wildman–Crippen MR) is 167 cm³/mol. The molecular weight excluding hydrogens is 610 g/mol. The predicted octanol–water partition coefficient (Wildman–Crippen LogP) is 7.91. The molecule has 3 aromatic carbocycles. The molecule has 1 atom stereocenters. The first kappa shape index (κ1) is 28.2. The Kier molecular flexibility index (Phi) is 8.38. The number of halogens is 1. The molecule has 1 aliphatic rings. The van der Waals surface area contributed by atoms with Crippen LogP contribution in [0.1, 0.15) is 32.4 Å². The Morgan fingerprint density at radius 3 is 2.55 bits per heavy atom. The first-order valence-electron chi connectivity index (χ1n) is 12.8. The Hall–Kier alpha value is -3.96. The number of thioether (sulfide) groups is 1. The number of carbonyl (C=O) groups excluding carboxylic acids is 2. The molecule has 2 aromatic heterocycles. The number of hydrogen-bond acceptors (Lipinski definition) is 9. The van der Waals surface area contributed by atoms with Gasteiger partial charge in [0.2, 0.25) is 10.9 Å². The molecule has 5 aromatic rings. The average molecular weight is 632 g/mol. The molecule has 1 N–H and O–H groups in total. The fourth-order valence-corrected chi connectivity index (χ4v) is 7.12. The summed E-state index contributed by atoms with van der Waals surface area (Å²) in [6, 6.07) is 27.0. The smallest absolute Gasteiger partial charge is 0.296 e. The van der Waals surface area contributed by atoms with Gasteiger partial charge in [-0.2, -0.15) is 0 Å². The number of thiophene rings is 1. The number of ketones is 1. The molecule has 6 rings (SSSR count). The van der Waals surface area contributed by atoms with Crippen LogP contribution in [-0.2, 0) is 17.2 Å². The Bertz CT molecular complexity index is 1760. The largest absolute Gasteiger partial charge is 0.503 e. The fourth-order valence-electron chi connectivity index (χ4n) is 4.49. The number of aliphatic hydroxyl groups is 1. The number of amides is 1. The van der Waals surface area contributed by atoms with Crippen molar-refractivity contribution < 1.29 is 19.4 Å². The third-order valence-electron chi connectivity index (χ3n) is 6.50. The number of aliphatic hydroxyl groups excluding tert-OH is 1. The third kappa shape index (κ3) is 5.98. The Balaban J connectivity index is 1.32. The highest BCUT2D eigenvalue weighted by molar-refractivity contribution is 8.00. The zero-order chi connectivity index (χ0) is 29.1. The van der Waals surface area contributed by atoms with E-state index in [2.05, 4.69) is 10.2 Å². The molecule has 0 fully saturated rings. The van der Waals surface area contributed by atoms with E-state index in [1.54, 1.807) is 35.7 Å². The number of carbonyl (C=O) groups is 2. The molecular formula is C31H22ClN3O4S3. The molecule has 1 amide bonds. The van der Waals surface area contributed by atoms with E-state index in [9.17, 15) is 14.7 Å². The van der Waals surface area contributed by atoms with Gasteiger partial charge in [-0.3, -0.25) is 14.5 Å². The number of Topliss-reactive ketones (excluding diaryl/α,β-unsaturated/α-hetero) is 1. The van der Waals surface area contributed by atoms with Gasteiger partial charge in [-0.25, -0.2) is 0 Å². The fraction of sp³-hybridized carbons (Fsp3) is 0.0968. The van der Waals surface area contributed by atoms with Gasteiger partial charge in [0.05, 0.1) is 16.5 Å². The standard InChI is InChI=1S/C31H22ClN3O4S3/c32-22-13-11-20(12-14-22)18-41-31-34-33-30(42-31)35-26(25(28(37)29(35)38)27(36)24-10-5-15-40-24)21-8-4-9-23(16-21)39-17-19-6-2-1-3-7-19/h1-16,26,37H,17-18H2. The van der Waals surface area contributed by atoms with Crippen LogP contribution in [0, 0.1) is 0 Å². The lowest BCUT2D eigenvalue weighted by Crippen LogP contribution is -2.31. The number of ether oxygens (including phenoxy) is 1. The van der Waals surface area contributed by atoms with E-state index < -0.39 is 23.5 Å². The van der Waals surface area contributed by atoms with Crippen molar-refractivity contribution >= 4 is 62.9 Å². The van der Waals surface area contributed by atoms with Crippen molar-refractivity contribution in [3.8, 4) is 5.75 Å². The molecule has 0 spiro atoms. The summed E-state index contributed by atoms with van der Waals surface area (Å²) in [5.41, 5.74) is 2.66. The summed E-state index contributed by atoms with van der Waals surface area (Å²) in [5.74, 6) is -0.522. The lowest BCUT2D eigenvalue weighted by molar-refractivity contribution is -0.117. The Labute approximate surface area is 259 Å². The van der Waals surface area contributed by atoms with E-state index in [-0.39, 0.29) is 10.7 Å². The SMILES string of the molecule is O=C(C1=C(O)C(=O)N(c2nnc(SCc3ccc(Cl)cc3)s2)C1c1cccc(OCc2ccccc2)c1)c1cccs1. The second kappa shape index (κ2) is 12.5. The first-order chi connectivity index (χ1) is 20.5. The molecule has 0 radical (unpaired) electrons. The molecule has 3 heterocycles. The van der Waals surface area contributed by atoms with Crippen LogP contribution >= 0.6 is 46.0 Å². The van der Waals surface area contributed by atoms with Crippen molar-refractivity contribution in [3.05, 3.63) is 134 Å². The van der Waals surface area contributed by atoms with E-state index in [1.807, 2.05) is 60.7 Å².